The van der Waals surface area contributed by atoms with E-state index in [2.05, 4.69) is 56.4 Å². The van der Waals surface area contributed by atoms with Gasteiger partial charge in [-0.1, -0.05) is 6.92 Å². The quantitative estimate of drug-likeness (QED) is 0.931. The summed E-state index contributed by atoms with van der Waals surface area (Å²) in [6.45, 7) is 6.20. The predicted molar refractivity (Wildman–Crippen MR) is 80.1 cm³/mol. The molecule has 0 aromatic carbocycles. The Bertz CT molecular complexity index is 519. The monoisotopic (exact) mass is 327 g/mol. The number of hydrogen-bond donors (Lipinski definition) is 1. The molecule has 3 nitrogen and oxygen atoms in total. The molecule has 0 saturated carbocycles. The molecule has 2 rings (SSSR count). The molecule has 0 bridgehead atoms. The van der Waals surface area contributed by atoms with E-state index in [4.69, 9.17) is 5.73 Å². The van der Waals surface area contributed by atoms with Gasteiger partial charge in [0.05, 0.1) is 21.9 Å². The minimum atomic E-state index is 0.0736. The van der Waals surface area contributed by atoms with Gasteiger partial charge >= 0.3 is 0 Å². The van der Waals surface area contributed by atoms with Gasteiger partial charge in [0.15, 0.2) is 0 Å². The van der Waals surface area contributed by atoms with Gasteiger partial charge in [0.1, 0.15) is 0 Å². The molecular weight excluding hydrogens is 310 g/mol. The number of hydrogen-bond acceptors (Lipinski definition) is 3. The molecule has 2 aromatic heterocycles. The first-order valence-corrected chi connectivity index (χ1v) is 7.78. The average molecular weight is 328 g/mol. The van der Waals surface area contributed by atoms with Gasteiger partial charge in [0.2, 0.25) is 0 Å². The van der Waals surface area contributed by atoms with Crippen molar-refractivity contribution >= 4 is 27.3 Å². The number of aryl methyl sites for hydroxylation is 1. The standard InChI is InChI=1S/C13H18BrN3S/c1-4-11(15)13(10-5-6-18-7-10)17-9(3)12(14)8(2)16-17/h5-7,11,13H,4,15H2,1-3H3. The van der Waals surface area contributed by atoms with Crippen molar-refractivity contribution in [2.45, 2.75) is 39.3 Å². The highest BCUT2D eigenvalue weighted by Gasteiger charge is 2.24. The first-order valence-electron chi connectivity index (χ1n) is 6.05. The fourth-order valence-electron chi connectivity index (χ4n) is 2.15. The zero-order valence-electron chi connectivity index (χ0n) is 10.9. The Morgan fingerprint density at radius 2 is 2.22 bits per heavy atom. The number of aromatic nitrogens is 2. The van der Waals surface area contributed by atoms with Crippen LogP contribution in [0.15, 0.2) is 21.3 Å². The minimum absolute atomic E-state index is 0.0736. The van der Waals surface area contributed by atoms with Crippen molar-refractivity contribution in [3.8, 4) is 0 Å². The molecule has 0 aliphatic rings. The van der Waals surface area contributed by atoms with Gasteiger partial charge in [0.25, 0.3) is 0 Å². The number of thiophene rings is 1. The van der Waals surface area contributed by atoms with Gasteiger partial charge in [-0.05, 0) is 58.6 Å². The summed E-state index contributed by atoms with van der Waals surface area (Å²) in [6.07, 6.45) is 0.927. The van der Waals surface area contributed by atoms with Crippen LogP contribution in [0.1, 0.15) is 36.3 Å². The Morgan fingerprint density at radius 3 is 2.67 bits per heavy atom. The smallest absolute Gasteiger partial charge is 0.0930 e. The van der Waals surface area contributed by atoms with E-state index in [1.54, 1.807) is 11.3 Å². The van der Waals surface area contributed by atoms with E-state index in [9.17, 15) is 0 Å². The largest absolute Gasteiger partial charge is 0.326 e. The van der Waals surface area contributed by atoms with Gasteiger partial charge in [-0.2, -0.15) is 16.4 Å². The first kappa shape index (κ1) is 13.8. The van der Waals surface area contributed by atoms with Crippen molar-refractivity contribution in [3.05, 3.63) is 38.3 Å². The van der Waals surface area contributed by atoms with E-state index < -0.39 is 0 Å². The number of nitrogens with two attached hydrogens (primary N) is 1. The SMILES string of the molecule is CCC(N)C(c1ccsc1)n1nc(C)c(Br)c1C. The molecule has 0 amide bonds. The average Bonchev–Trinajstić information content (AvgIpc) is 2.96. The molecule has 0 aliphatic heterocycles. The third-order valence-electron chi connectivity index (χ3n) is 3.26. The maximum atomic E-state index is 6.30. The maximum Gasteiger partial charge on any atom is 0.0930 e. The molecule has 18 heavy (non-hydrogen) atoms. The van der Waals surface area contributed by atoms with E-state index in [0.29, 0.717) is 0 Å². The van der Waals surface area contributed by atoms with Crippen molar-refractivity contribution in [1.82, 2.24) is 9.78 Å². The molecule has 2 unspecified atom stereocenters. The second kappa shape index (κ2) is 5.55. The summed E-state index contributed by atoms with van der Waals surface area (Å²) in [6, 6.07) is 2.32. The van der Waals surface area contributed by atoms with Crippen LogP contribution in [-0.2, 0) is 0 Å². The minimum Gasteiger partial charge on any atom is -0.326 e. The van der Waals surface area contributed by atoms with Crippen LogP contribution in [-0.4, -0.2) is 15.8 Å². The molecule has 2 heterocycles. The summed E-state index contributed by atoms with van der Waals surface area (Å²) >= 11 is 5.28. The lowest BCUT2D eigenvalue weighted by molar-refractivity contribution is 0.416. The first-order chi connectivity index (χ1) is 8.56. The molecule has 0 saturated heterocycles. The van der Waals surface area contributed by atoms with E-state index >= 15 is 0 Å². The second-order valence-electron chi connectivity index (χ2n) is 4.50. The number of nitrogens with zero attached hydrogens (tertiary/aromatic N) is 2. The van der Waals surface area contributed by atoms with Crippen molar-refractivity contribution < 1.29 is 0 Å². The summed E-state index contributed by atoms with van der Waals surface area (Å²) in [4.78, 5) is 0. The van der Waals surface area contributed by atoms with E-state index in [0.717, 1.165) is 22.3 Å². The van der Waals surface area contributed by atoms with Crippen LogP contribution in [0.4, 0.5) is 0 Å². The topological polar surface area (TPSA) is 43.8 Å². The summed E-state index contributed by atoms with van der Waals surface area (Å²) in [5, 5.41) is 8.88. The van der Waals surface area contributed by atoms with E-state index in [-0.39, 0.29) is 12.1 Å². The number of halogens is 1. The summed E-state index contributed by atoms with van der Waals surface area (Å²) in [5.74, 6) is 0. The molecule has 5 heteroatoms. The van der Waals surface area contributed by atoms with Crippen LogP contribution in [0.5, 0.6) is 0 Å². The summed E-state index contributed by atoms with van der Waals surface area (Å²) in [5.41, 5.74) is 9.68. The van der Waals surface area contributed by atoms with Crippen LogP contribution >= 0.6 is 27.3 Å². The highest BCUT2D eigenvalue weighted by atomic mass is 79.9. The lowest BCUT2D eigenvalue weighted by Crippen LogP contribution is -2.33. The summed E-state index contributed by atoms with van der Waals surface area (Å²) < 4.78 is 3.13. The highest BCUT2D eigenvalue weighted by Crippen LogP contribution is 2.29. The Balaban J connectivity index is 2.50. The maximum absolute atomic E-state index is 6.30. The molecular formula is C13H18BrN3S. The normalized spacial score (nSPS) is 14.7. The zero-order chi connectivity index (χ0) is 13.3. The van der Waals surface area contributed by atoms with E-state index in [1.165, 1.54) is 5.56 Å². The van der Waals surface area contributed by atoms with Crippen molar-refractivity contribution in [3.63, 3.8) is 0 Å². The Kier molecular flexibility index (Phi) is 4.25. The second-order valence-corrected chi connectivity index (χ2v) is 6.08. The van der Waals surface area contributed by atoms with Crippen LogP contribution in [0.2, 0.25) is 0 Å². The molecule has 0 radical (unpaired) electrons. The van der Waals surface area contributed by atoms with Gasteiger partial charge in [-0.25, -0.2) is 0 Å². The molecule has 0 fully saturated rings. The van der Waals surface area contributed by atoms with Crippen molar-refractivity contribution in [2.75, 3.05) is 0 Å². The fraction of sp³-hybridized carbons (Fsp3) is 0.462. The zero-order valence-corrected chi connectivity index (χ0v) is 13.3. The fourth-order valence-corrected chi connectivity index (χ4v) is 3.10. The third kappa shape index (κ3) is 2.39. The van der Waals surface area contributed by atoms with Gasteiger partial charge in [-0.15, -0.1) is 0 Å². The number of rotatable bonds is 4. The van der Waals surface area contributed by atoms with Crippen LogP contribution in [0.25, 0.3) is 0 Å². The Labute approximate surface area is 120 Å². The lowest BCUT2D eigenvalue weighted by atomic mass is 10.0. The molecule has 2 atom stereocenters. The van der Waals surface area contributed by atoms with Crippen molar-refractivity contribution in [1.29, 1.82) is 0 Å². The molecule has 2 aromatic rings. The van der Waals surface area contributed by atoms with Gasteiger partial charge < -0.3 is 5.73 Å². The van der Waals surface area contributed by atoms with Crippen molar-refractivity contribution in [2.24, 2.45) is 5.73 Å². The Morgan fingerprint density at radius 1 is 1.50 bits per heavy atom. The van der Waals surface area contributed by atoms with Gasteiger partial charge in [-0.3, -0.25) is 4.68 Å². The molecule has 0 aliphatic carbocycles. The third-order valence-corrected chi connectivity index (χ3v) is 5.11. The Hall–Kier alpha value is -0.650. The summed E-state index contributed by atoms with van der Waals surface area (Å²) in [7, 11) is 0. The molecule has 98 valence electrons. The van der Waals surface area contributed by atoms with Crippen LogP contribution in [0, 0.1) is 13.8 Å². The highest BCUT2D eigenvalue weighted by molar-refractivity contribution is 9.10. The van der Waals surface area contributed by atoms with Crippen LogP contribution in [0.3, 0.4) is 0 Å². The van der Waals surface area contributed by atoms with E-state index in [1.807, 2.05) is 6.92 Å². The molecule has 2 N–H and O–H groups in total. The van der Waals surface area contributed by atoms with Crippen LogP contribution < -0.4 is 5.73 Å². The predicted octanol–water partition coefficient (Wildman–Crippen LogP) is 3.65. The molecule has 0 spiro atoms. The van der Waals surface area contributed by atoms with Gasteiger partial charge in [0, 0.05) is 6.04 Å². The lowest BCUT2D eigenvalue weighted by Gasteiger charge is -2.24.